The van der Waals surface area contributed by atoms with Crippen molar-refractivity contribution in [3.05, 3.63) is 83.8 Å². The number of hydrogen-bond donors (Lipinski definition) is 2. The summed E-state index contributed by atoms with van der Waals surface area (Å²) in [4.78, 5) is 16.2. The molecule has 3 aromatic rings. The van der Waals surface area contributed by atoms with E-state index in [9.17, 15) is 9.18 Å². The van der Waals surface area contributed by atoms with Crippen LogP contribution in [-0.4, -0.2) is 10.9 Å². The molecule has 1 heterocycles. The van der Waals surface area contributed by atoms with Crippen LogP contribution in [0.5, 0.6) is 0 Å². The van der Waals surface area contributed by atoms with Crippen LogP contribution in [0.2, 0.25) is 0 Å². The summed E-state index contributed by atoms with van der Waals surface area (Å²) in [5.74, 6) is -0.357. The maximum atomic E-state index is 13.6. The van der Waals surface area contributed by atoms with Gasteiger partial charge in [-0.05, 0) is 48.0 Å². The second-order valence-corrected chi connectivity index (χ2v) is 5.56. The van der Waals surface area contributed by atoms with E-state index in [0.29, 0.717) is 16.9 Å². The highest BCUT2D eigenvalue weighted by Gasteiger charge is 2.08. The molecule has 0 aliphatic heterocycles. The van der Waals surface area contributed by atoms with Crippen molar-refractivity contribution in [2.75, 3.05) is 10.6 Å². The molecule has 0 fully saturated rings. The first-order valence-electron chi connectivity index (χ1n) is 7.90. The number of hydrogen-bond acceptors (Lipinski definition) is 4. The van der Waals surface area contributed by atoms with Gasteiger partial charge in [0, 0.05) is 5.69 Å². The van der Waals surface area contributed by atoms with Crippen LogP contribution < -0.4 is 10.6 Å². The van der Waals surface area contributed by atoms with Crippen LogP contribution in [-0.2, 0) is 11.2 Å². The summed E-state index contributed by atoms with van der Waals surface area (Å²) in [5, 5.41) is 14.6. The highest BCUT2D eigenvalue weighted by molar-refractivity contribution is 5.91. The van der Waals surface area contributed by atoms with Crippen molar-refractivity contribution >= 4 is 23.1 Å². The largest absolute Gasteiger partial charge is 0.354 e. The van der Waals surface area contributed by atoms with Crippen molar-refractivity contribution in [1.29, 1.82) is 5.26 Å². The lowest BCUT2D eigenvalue weighted by atomic mass is 10.1. The Kier molecular flexibility index (Phi) is 5.20. The molecule has 2 N–H and O–H groups in total. The molecule has 0 aliphatic carbocycles. The third kappa shape index (κ3) is 4.42. The number of halogens is 1. The highest BCUT2D eigenvalue weighted by atomic mass is 19.1. The molecule has 0 bridgehead atoms. The summed E-state index contributed by atoms with van der Waals surface area (Å²) >= 11 is 0. The lowest BCUT2D eigenvalue weighted by molar-refractivity contribution is -0.115. The molecule has 0 atom stereocenters. The topological polar surface area (TPSA) is 77.8 Å². The van der Waals surface area contributed by atoms with E-state index in [-0.39, 0.29) is 12.3 Å². The molecule has 1 aromatic heterocycles. The van der Waals surface area contributed by atoms with Crippen molar-refractivity contribution in [2.24, 2.45) is 0 Å². The number of benzene rings is 2. The van der Waals surface area contributed by atoms with Crippen LogP contribution in [0.4, 0.5) is 21.6 Å². The zero-order chi connectivity index (χ0) is 18.4. The summed E-state index contributed by atoms with van der Waals surface area (Å²) in [6, 6.07) is 18.7. The number of anilines is 3. The molecule has 0 saturated carbocycles. The van der Waals surface area contributed by atoms with Crippen molar-refractivity contribution < 1.29 is 9.18 Å². The first-order valence-corrected chi connectivity index (χ1v) is 7.90. The van der Waals surface area contributed by atoms with E-state index < -0.39 is 5.82 Å². The minimum absolute atomic E-state index is 0.0560. The molecule has 128 valence electrons. The lowest BCUT2D eigenvalue weighted by Gasteiger charge is -2.08. The maximum Gasteiger partial charge on any atom is 0.230 e. The molecule has 0 spiro atoms. The number of nitrogens with zero attached hydrogens (tertiary/aromatic N) is 2. The van der Waals surface area contributed by atoms with E-state index in [2.05, 4.69) is 21.7 Å². The lowest BCUT2D eigenvalue weighted by Crippen LogP contribution is -2.16. The van der Waals surface area contributed by atoms with E-state index >= 15 is 0 Å². The zero-order valence-electron chi connectivity index (χ0n) is 13.7. The van der Waals surface area contributed by atoms with Gasteiger partial charge in [-0.3, -0.25) is 4.79 Å². The first-order chi connectivity index (χ1) is 12.6. The van der Waals surface area contributed by atoms with Crippen molar-refractivity contribution in [3.63, 3.8) is 0 Å². The number of pyridine rings is 1. The third-order valence-corrected chi connectivity index (χ3v) is 3.64. The van der Waals surface area contributed by atoms with Crippen LogP contribution in [0, 0.1) is 17.1 Å². The van der Waals surface area contributed by atoms with Gasteiger partial charge in [0.1, 0.15) is 11.6 Å². The summed E-state index contributed by atoms with van der Waals surface area (Å²) < 4.78 is 13.6. The Balaban J connectivity index is 1.59. The van der Waals surface area contributed by atoms with Gasteiger partial charge in [0.15, 0.2) is 0 Å². The minimum Gasteiger partial charge on any atom is -0.354 e. The fourth-order valence-electron chi connectivity index (χ4n) is 2.34. The van der Waals surface area contributed by atoms with Gasteiger partial charge >= 0.3 is 0 Å². The number of rotatable bonds is 5. The van der Waals surface area contributed by atoms with Gasteiger partial charge in [-0.25, -0.2) is 9.37 Å². The molecule has 26 heavy (non-hydrogen) atoms. The molecular weight excluding hydrogens is 331 g/mol. The first kappa shape index (κ1) is 17.1. The number of nitrogens with one attached hydrogen (secondary N) is 2. The van der Waals surface area contributed by atoms with E-state index in [0.717, 1.165) is 11.4 Å². The molecule has 0 aliphatic rings. The average Bonchev–Trinajstić information content (AvgIpc) is 2.66. The molecule has 0 saturated heterocycles. The normalized spacial score (nSPS) is 10.0. The van der Waals surface area contributed by atoms with Gasteiger partial charge in [-0.2, -0.15) is 5.26 Å². The predicted octanol–water partition coefficient (Wildman–Crippen LogP) is 4.02. The van der Waals surface area contributed by atoms with Gasteiger partial charge in [-0.1, -0.05) is 18.2 Å². The van der Waals surface area contributed by atoms with Gasteiger partial charge in [-0.15, -0.1) is 0 Å². The highest BCUT2D eigenvalue weighted by Crippen LogP contribution is 2.17. The smallest absolute Gasteiger partial charge is 0.230 e. The molecule has 6 heteroatoms. The summed E-state index contributed by atoms with van der Waals surface area (Å²) in [6.07, 6.45) is 1.52. The Morgan fingerprint density at radius 3 is 2.42 bits per heavy atom. The molecular formula is C20H15FN4O. The van der Waals surface area contributed by atoms with Gasteiger partial charge in [0.25, 0.3) is 0 Å². The number of amides is 1. The number of nitriles is 1. The Morgan fingerprint density at radius 1 is 1.04 bits per heavy atom. The third-order valence-electron chi connectivity index (χ3n) is 3.64. The Hall–Kier alpha value is -3.72. The van der Waals surface area contributed by atoms with Crippen LogP contribution in [0.15, 0.2) is 66.9 Å². The molecule has 5 nitrogen and oxygen atoms in total. The second kappa shape index (κ2) is 7.90. The summed E-state index contributed by atoms with van der Waals surface area (Å²) in [7, 11) is 0. The van der Waals surface area contributed by atoms with E-state index in [1.165, 1.54) is 6.07 Å². The summed E-state index contributed by atoms with van der Waals surface area (Å²) in [6.45, 7) is 0. The summed E-state index contributed by atoms with van der Waals surface area (Å²) in [5.41, 5.74) is 2.48. The molecule has 3 rings (SSSR count). The molecule has 1 amide bonds. The van der Waals surface area contributed by atoms with Crippen LogP contribution >= 0.6 is 0 Å². The Bertz CT molecular complexity index is 947. The minimum atomic E-state index is -0.405. The number of carbonyl (C=O) groups is 1. The monoisotopic (exact) mass is 346 g/mol. The second-order valence-electron chi connectivity index (χ2n) is 5.56. The Morgan fingerprint density at radius 2 is 1.77 bits per heavy atom. The number of carbonyl (C=O) groups excluding carboxylic acids is 1. The van der Waals surface area contributed by atoms with Crippen molar-refractivity contribution in [2.45, 2.75) is 6.42 Å². The fraction of sp³-hybridized carbons (Fsp3) is 0.0500. The van der Waals surface area contributed by atoms with E-state index in [1.54, 1.807) is 60.8 Å². The van der Waals surface area contributed by atoms with Gasteiger partial charge in [0.2, 0.25) is 5.91 Å². The van der Waals surface area contributed by atoms with Gasteiger partial charge in [0.05, 0.1) is 29.9 Å². The van der Waals surface area contributed by atoms with Gasteiger partial charge < -0.3 is 10.6 Å². The van der Waals surface area contributed by atoms with Crippen LogP contribution in [0.25, 0.3) is 0 Å². The van der Waals surface area contributed by atoms with E-state index in [1.807, 2.05) is 0 Å². The standard InChI is InChI=1S/C20H15FN4O/c21-18-4-2-1-3-15(18)11-20(26)25-19-10-9-17(13-23-19)24-16-7-5-14(12-22)6-8-16/h1-10,13,24H,11H2,(H,23,25,26). The van der Waals surface area contributed by atoms with Crippen molar-refractivity contribution in [1.82, 2.24) is 4.98 Å². The maximum absolute atomic E-state index is 13.6. The zero-order valence-corrected chi connectivity index (χ0v) is 13.7. The van der Waals surface area contributed by atoms with Crippen molar-refractivity contribution in [3.8, 4) is 6.07 Å². The molecule has 0 unspecified atom stereocenters. The molecule has 2 aromatic carbocycles. The Labute approximate surface area is 150 Å². The average molecular weight is 346 g/mol. The quantitative estimate of drug-likeness (QED) is 0.731. The van der Waals surface area contributed by atoms with Crippen LogP contribution in [0.3, 0.4) is 0 Å². The fourth-order valence-corrected chi connectivity index (χ4v) is 2.34. The van der Waals surface area contributed by atoms with E-state index in [4.69, 9.17) is 5.26 Å². The SMILES string of the molecule is N#Cc1ccc(Nc2ccc(NC(=O)Cc3ccccc3F)nc2)cc1. The molecule has 0 radical (unpaired) electrons. The van der Waals surface area contributed by atoms with Crippen LogP contribution in [0.1, 0.15) is 11.1 Å². The number of aromatic nitrogens is 1. The predicted molar refractivity (Wildman–Crippen MR) is 97.4 cm³/mol.